The number of nitro benzene ring substituents is 1. The van der Waals surface area contributed by atoms with E-state index in [1.165, 1.54) is 29.9 Å². The number of hydrogen-bond donors (Lipinski definition) is 0. The molecule has 0 radical (unpaired) electrons. The molecule has 0 spiro atoms. The maximum atomic E-state index is 13.9. The summed E-state index contributed by atoms with van der Waals surface area (Å²) in [4.78, 5) is 42.8. The van der Waals surface area contributed by atoms with Gasteiger partial charge < -0.3 is 23.4 Å². The first kappa shape index (κ1) is 27.0. The lowest BCUT2D eigenvalue weighted by atomic mass is 9.95. The molecule has 4 aromatic rings. The third-order valence-electron chi connectivity index (χ3n) is 6.79. The third kappa shape index (κ3) is 4.63. The van der Waals surface area contributed by atoms with Crippen LogP contribution in [-0.4, -0.2) is 36.0 Å². The fourth-order valence-electron chi connectivity index (χ4n) is 4.90. The second kappa shape index (κ2) is 10.7. The predicted octanol–water partition coefficient (Wildman–Crippen LogP) is 3.70. The van der Waals surface area contributed by atoms with Crippen LogP contribution in [0.25, 0.3) is 17.4 Å². The number of esters is 1. The van der Waals surface area contributed by atoms with E-state index in [2.05, 4.69) is 4.99 Å². The van der Waals surface area contributed by atoms with Gasteiger partial charge in [-0.05, 0) is 49.7 Å². The van der Waals surface area contributed by atoms with Crippen LogP contribution >= 0.6 is 11.3 Å². The van der Waals surface area contributed by atoms with Crippen LogP contribution in [0.15, 0.2) is 74.0 Å². The quantitative estimate of drug-likeness (QED) is 0.179. The molecule has 13 heteroatoms. The number of allylic oxidation sites excluding steroid dienone is 1. The molecule has 2 aliphatic rings. The number of methoxy groups -OCH3 is 1. The maximum absolute atomic E-state index is 13.9. The van der Waals surface area contributed by atoms with Gasteiger partial charge in [-0.2, -0.15) is 0 Å². The van der Waals surface area contributed by atoms with Crippen LogP contribution in [-0.2, 0) is 9.53 Å². The lowest BCUT2D eigenvalue weighted by molar-refractivity contribution is -0.384. The number of carbonyl (C=O) groups is 1. The highest BCUT2D eigenvalue weighted by molar-refractivity contribution is 7.07. The number of rotatable bonds is 7. The third-order valence-corrected chi connectivity index (χ3v) is 7.77. The smallest absolute Gasteiger partial charge is 0.338 e. The molecular formula is C29H23N3O9S. The highest BCUT2D eigenvalue weighted by Crippen LogP contribution is 2.38. The van der Waals surface area contributed by atoms with Crippen molar-refractivity contribution in [2.75, 3.05) is 20.5 Å². The van der Waals surface area contributed by atoms with Crippen LogP contribution in [0.3, 0.4) is 0 Å². The average molecular weight is 590 g/mol. The normalized spacial score (nSPS) is 15.8. The standard InChI is InChI=1S/C29H23N3O9S/c1-4-38-28(34)25-15(2)30-29-31(26(25)16-5-8-22-23(11-16)40-14-39-22)27(33)24(42-29)13-18-7-10-21(41-18)19-12-17(32(35)36)6-9-20(19)37-3/h5-13,26H,4,14H2,1-3H3/b24-13-/t26-/m0/s1. The van der Waals surface area contributed by atoms with Crippen molar-refractivity contribution in [3.05, 3.63) is 101 Å². The molecule has 0 bridgehead atoms. The zero-order valence-corrected chi connectivity index (χ0v) is 23.4. The minimum atomic E-state index is -0.821. The van der Waals surface area contributed by atoms with Crippen molar-refractivity contribution in [1.82, 2.24) is 4.57 Å². The predicted molar refractivity (Wildman–Crippen MR) is 150 cm³/mol. The average Bonchev–Trinajstić information content (AvgIpc) is 3.71. The van der Waals surface area contributed by atoms with Gasteiger partial charge in [0.2, 0.25) is 6.79 Å². The summed E-state index contributed by atoms with van der Waals surface area (Å²) in [6.07, 6.45) is 1.57. The summed E-state index contributed by atoms with van der Waals surface area (Å²) < 4.78 is 29.4. The number of non-ortho nitro benzene ring substituents is 1. The van der Waals surface area contributed by atoms with Gasteiger partial charge in [0.25, 0.3) is 11.2 Å². The Morgan fingerprint density at radius 1 is 1.19 bits per heavy atom. The monoisotopic (exact) mass is 589 g/mol. The number of nitrogens with zero attached hydrogens (tertiary/aromatic N) is 3. The minimum Gasteiger partial charge on any atom is -0.496 e. The molecule has 0 unspecified atom stereocenters. The van der Waals surface area contributed by atoms with Crippen LogP contribution in [0.5, 0.6) is 17.2 Å². The number of ether oxygens (including phenoxy) is 4. The zero-order valence-electron chi connectivity index (χ0n) is 22.6. The number of hydrogen-bond acceptors (Lipinski definition) is 11. The Labute approximate surface area is 241 Å². The van der Waals surface area contributed by atoms with Crippen LogP contribution in [0.1, 0.15) is 31.2 Å². The van der Waals surface area contributed by atoms with Crippen molar-refractivity contribution in [3.63, 3.8) is 0 Å². The van der Waals surface area contributed by atoms with E-state index in [4.69, 9.17) is 23.4 Å². The van der Waals surface area contributed by atoms with Gasteiger partial charge in [-0.25, -0.2) is 9.79 Å². The molecule has 2 aromatic heterocycles. The van der Waals surface area contributed by atoms with Crippen molar-refractivity contribution in [2.24, 2.45) is 4.99 Å². The summed E-state index contributed by atoms with van der Waals surface area (Å²) >= 11 is 1.14. The van der Waals surface area contributed by atoms with E-state index in [0.717, 1.165) is 11.3 Å². The maximum Gasteiger partial charge on any atom is 0.338 e. The number of fused-ring (bicyclic) bond motifs is 2. The number of thiazole rings is 1. The van der Waals surface area contributed by atoms with Gasteiger partial charge in [-0.15, -0.1) is 0 Å². The summed E-state index contributed by atoms with van der Waals surface area (Å²) in [6.45, 7) is 3.65. The van der Waals surface area contributed by atoms with E-state index < -0.39 is 16.9 Å². The van der Waals surface area contributed by atoms with Gasteiger partial charge in [0.1, 0.15) is 17.3 Å². The molecule has 0 N–H and O–H groups in total. The van der Waals surface area contributed by atoms with E-state index >= 15 is 0 Å². The Morgan fingerprint density at radius 2 is 2.00 bits per heavy atom. The fourth-order valence-corrected chi connectivity index (χ4v) is 5.92. The first-order chi connectivity index (χ1) is 20.3. The van der Waals surface area contributed by atoms with Gasteiger partial charge >= 0.3 is 5.97 Å². The first-order valence-corrected chi connectivity index (χ1v) is 13.6. The highest BCUT2D eigenvalue weighted by atomic mass is 32.1. The number of aromatic nitrogens is 1. The molecule has 2 aliphatic heterocycles. The molecule has 0 saturated carbocycles. The van der Waals surface area contributed by atoms with Gasteiger partial charge in [-0.3, -0.25) is 19.5 Å². The topological polar surface area (TPSA) is 145 Å². The van der Waals surface area contributed by atoms with Crippen molar-refractivity contribution in [2.45, 2.75) is 19.9 Å². The molecule has 0 fully saturated rings. The van der Waals surface area contributed by atoms with Crippen molar-refractivity contribution in [1.29, 1.82) is 0 Å². The van der Waals surface area contributed by atoms with Gasteiger partial charge in [0.05, 0.1) is 46.0 Å². The molecule has 214 valence electrons. The molecular weight excluding hydrogens is 566 g/mol. The zero-order chi connectivity index (χ0) is 29.5. The van der Waals surface area contributed by atoms with Crippen LogP contribution in [0.4, 0.5) is 5.69 Å². The van der Waals surface area contributed by atoms with E-state index in [-0.39, 0.29) is 30.2 Å². The minimum absolute atomic E-state index is 0.0779. The second-order valence-corrected chi connectivity index (χ2v) is 10.3. The van der Waals surface area contributed by atoms with Crippen LogP contribution < -0.4 is 29.1 Å². The molecule has 0 amide bonds. The molecule has 6 rings (SSSR count). The van der Waals surface area contributed by atoms with Crippen molar-refractivity contribution in [3.8, 4) is 28.6 Å². The van der Waals surface area contributed by atoms with E-state index in [1.54, 1.807) is 50.3 Å². The van der Waals surface area contributed by atoms with Gasteiger partial charge in [0.15, 0.2) is 16.3 Å². The summed E-state index contributed by atoms with van der Waals surface area (Å²) in [5.74, 6) is 1.56. The Morgan fingerprint density at radius 3 is 2.76 bits per heavy atom. The number of benzene rings is 2. The molecule has 0 saturated heterocycles. The summed E-state index contributed by atoms with van der Waals surface area (Å²) in [7, 11) is 1.46. The van der Waals surface area contributed by atoms with Crippen molar-refractivity contribution < 1.29 is 33.1 Å². The van der Waals surface area contributed by atoms with Crippen LogP contribution in [0, 0.1) is 10.1 Å². The molecule has 0 aliphatic carbocycles. The first-order valence-electron chi connectivity index (χ1n) is 12.8. The Balaban J connectivity index is 1.46. The Hall–Kier alpha value is -5.17. The fraction of sp³-hybridized carbons (Fsp3) is 0.207. The largest absolute Gasteiger partial charge is 0.496 e. The molecule has 4 heterocycles. The van der Waals surface area contributed by atoms with E-state index in [1.807, 2.05) is 0 Å². The molecule has 2 aromatic carbocycles. The van der Waals surface area contributed by atoms with E-state index in [0.29, 0.717) is 54.9 Å². The highest BCUT2D eigenvalue weighted by Gasteiger charge is 2.34. The van der Waals surface area contributed by atoms with Gasteiger partial charge in [-0.1, -0.05) is 17.4 Å². The lowest BCUT2D eigenvalue weighted by Gasteiger charge is -2.24. The summed E-state index contributed by atoms with van der Waals surface area (Å²) in [6, 6.07) is 11.9. The number of furan rings is 1. The van der Waals surface area contributed by atoms with Gasteiger partial charge in [0, 0.05) is 18.2 Å². The number of nitro groups is 1. The molecule has 12 nitrogen and oxygen atoms in total. The Bertz CT molecular complexity index is 1970. The van der Waals surface area contributed by atoms with Crippen molar-refractivity contribution >= 4 is 29.1 Å². The number of carbonyl (C=O) groups excluding carboxylic acids is 1. The summed E-state index contributed by atoms with van der Waals surface area (Å²) in [5.41, 5.74) is 1.19. The SMILES string of the molecule is CCOC(=O)C1=C(C)N=c2s/c(=C\c3ccc(-c4cc([N+](=O)[O-])ccc4OC)o3)c(=O)n2[C@H]1c1ccc2c(c1)OCO2. The Kier molecular flexibility index (Phi) is 6.86. The second-order valence-electron chi connectivity index (χ2n) is 9.26. The van der Waals surface area contributed by atoms with Crippen LogP contribution in [0.2, 0.25) is 0 Å². The molecule has 42 heavy (non-hydrogen) atoms. The summed E-state index contributed by atoms with van der Waals surface area (Å²) in [5, 5.41) is 11.3. The van der Waals surface area contributed by atoms with E-state index in [9.17, 15) is 19.7 Å². The lowest BCUT2D eigenvalue weighted by Crippen LogP contribution is -2.39. The molecule has 1 atom stereocenters.